The van der Waals surface area contributed by atoms with Gasteiger partial charge < -0.3 is 10.1 Å². The number of hydrogen-bond acceptors (Lipinski definition) is 2. The molecule has 1 fully saturated rings. The van der Waals surface area contributed by atoms with Gasteiger partial charge in [-0.2, -0.15) is 0 Å². The second kappa shape index (κ2) is 3.20. The number of hydrogen-bond donors (Lipinski definition) is 2. The average Bonchev–Trinajstić information content (AvgIpc) is 2.70. The number of carboxylic acids is 1. The number of carboxylic acid groups (broad SMARTS) is 1. The molecule has 0 atom stereocenters. The molecule has 0 aliphatic heterocycles. The summed E-state index contributed by atoms with van der Waals surface area (Å²) in [6, 6.07) is 7.44. The molecule has 86 valence electrons. The summed E-state index contributed by atoms with van der Waals surface area (Å²) < 4.78 is 0. The monoisotopic (exact) mass is 229 g/mol. The molecule has 1 aliphatic rings. The van der Waals surface area contributed by atoms with Gasteiger partial charge in [0, 0.05) is 24.6 Å². The lowest BCUT2D eigenvalue weighted by atomic mass is 9.63. The highest BCUT2D eigenvalue weighted by Crippen LogP contribution is 2.42. The van der Waals surface area contributed by atoms with Crippen molar-refractivity contribution >= 4 is 22.7 Å². The van der Waals surface area contributed by atoms with Crippen LogP contribution >= 0.6 is 0 Å². The fourth-order valence-corrected chi connectivity index (χ4v) is 2.45. The average molecular weight is 229 g/mol. The topological polar surface area (TPSA) is 70.2 Å². The number of aliphatic carboxylic acids is 1. The molecule has 1 heterocycles. The second-order valence-electron chi connectivity index (χ2n) is 4.56. The number of aromatic amines is 1. The first-order valence-corrected chi connectivity index (χ1v) is 5.44. The van der Waals surface area contributed by atoms with E-state index in [0.29, 0.717) is 5.56 Å². The number of H-pyrrole nitrogens is 1. The maximum atomic E-state index is 11.4. The number of fused-ring (bicyclic) bond motifs is 1. The molecule has 0 radical (unpaired) electrons. The molecule has 1 aromatic heterocycles. The highest BCUT2D eigenvalue weighted by atomic mass is 16.4. The van der Waals surface area contributed by atoms with Gasteiger partial charge in [-0.15, -0.1) is 0 Å². The van der Waals surface area contributed by atoms with E-state index in [0.717, 1.165) is 10.9 Å². The van der Waals surface area contributed by atoms with Crippen LogP contribution in [0.1, 0.15) is 18.4 Å². The van der Waals surface area contributed by atoms with Gasteiger partial charge in [-0.25, -0.2) is 0 Å². The van der Waals surface area contributed by atoms with Crippen LogP contribution in [0.5, 0.6) is 0 Å². The molecule has 1 aliphatic carbocycles. The first-order chi connectivity index (χ1) is 8.12. The third-order valence-electron chi connectivity index (χ3n) is 3.51. The summed E-state index contributed by atoms with van der Waals surface area (Å²) in [5.41, 5.74) is 0.609. The zero-order valence-electron chi connectivity index (χ0n) is 9.06. The van der Waals surface area contributed by atoms with Crippen molar-refractivity contribution in [1.82, 2.24) is 4.98 Å². The number of Topliss-reactive ketones (excluding diaryl/α,β-unsaturated/α-hetero) is 1. The highest BCUT2D eigenvalue weighted by molar-refractivity contribution is 6.02. The summed E-state index contributed by atoms with van der Waals surface area (Å²) >= 11 is 0. The standard InChI is InChI=1S/C13H11NO3/c15-10-6-13(7-10,12(16)17)9-2-1-8-3-4-14-11(8)5-9/h1-5,14H,6-7H2,(H,16,17). The van der Waals surface area contributed by atoms with Crippen molar-refractivity contribution in [3.8, 4) is 0 Å². The Morgan fingerprint density at radius 1 is 1.29 bits per heavy atom. The van der Waals surface area contributed by atoms with E-state index in [1.807, 2.05) is 24.4 Å². The van der Waals surface area contributed by atoms with Crippen LogP contribution < -0.4 is 0 Å². The summed E-state index contributed by atoms with van der Waals surface area (Å²) in [4.78, 5) is 25.5. The zero-order valence-corrected chi connectivity index (χ0v) is 9.06. The van der Waals surface area contributed by atoms with Crippen LogP contribution in [-0.2, 0) is 15.0 Å². The Morgan fingerprint density at radius 2 is 2.06 bits per heavy atom. The molecule has 0 unspecified atom stereocenters. The lowest BCUT2D eigenvalue weighted by molar-refractivity contribution is -0.153. The maximum Gasteiger partial charge on any atom is 0.315 e. The second-order valence-corrected chi connectivity index (χ2v) is 4.56. The van der Waals surface area contributed by atoms with Gasteiger partial charge in [0.25, 0.3) is 0 Å². The summed E-state index contributed by atoms with van der Waals surface area (Å²) in [5.74, 6) is -0.901. The number of carbonyl (C=O) groups is 2. The summed E-state index contributed by atoms with van der Waals surface area (Å²) in [6.07, 6.45) is 2.02. The third-order valence-corrected chi connectivity index (χ3v) is 3.51. The summed E-state index contributed by atoms with van der Waals surface area (Å²) in [5, 5.41) is 10.4. The summed E-state index contributed by atoms with van der Waals surface area (Å²) in [6.45, 7) is 0. The van der Waals surface area contributed by atoms with Crippen molar-refractivity contribution in [2.75, 3.05) is 0 Å². The summed E-state index contributed by atoms with van der Waals surface area (Å²) in [7, 11) is 0. The van der Waals surface area contributed by atoms with Crippen LogP contribution in [-0.4, -0.2) is 21.8 Å². The van der Waals surface area contributed by atoms with E-state index in [1.54, 1.807) is 6.07 Å². The van der Waals surface area contributed by atoms with Crippen LogP contribution in [0, 0.1) is 0 Å². The SMILES string of the molecule is O=C1CC(C(=O)O)(c2ccc3cc[nH]c3c2)C1. The van der Waals surface area contributed by atoms with E-state index in [2.05, 4.69) is 4.98 Å². The van der Waals surface area contributed by atoms with Gasteiger partial charge in [0.2, 0.25) is 0 Å². The van der Waals surface area contributed by atoms with Crippen molar-refractivity contribution in [2.45, 2.75) is 18.3 Å². The van der Waals surface area contributed by atoms with Crippen molar-refractivity contribution in [1.29, 1.82) is 0 Å². The lowest BCUT2D eigenvalue weighted by Crippen LogP contribution is -2.48. The van der Waals surface area contributed by atoms with Crippen LogP contribution in [0.15, 0.2) is 30.5 Å². The molecule has 2 N–H and O–H groups in total. The fourth-order valence-electron chi connectivity index (χ4n) is 2.45. The maximum absolute atomic E-state index is 11.4. The number of ketones is 1. The van der Waals surface area contributed by atoms with E-state index < -0.39 is 11.4 Å². The Morgan fingerprint density at radius 3 is 2.71 bits per heavy atom. The molecule has 4 heteroatoms. The van der Waals surface area contributed by atoms with Crippen molar-refractivity contribution in [3.05, 3.63) is 36.0 Å². The quantitative estimate of drug-likeness (QED) is 0.825. The molecule has 3 rings (SSSR count). The van der Waals surface area contributed by atoms with Crippen LogP contribution in [0.4, 0.5) is 0 Å². The van der Waals surface area contributed by atoms with E-state index in [9.17, 15) is 14.7 Å². The molecular weight excluding hydrogens is 218 g/mol. The van der Waals surface area contributed by atoms with Gasteiger partial charge in [0.15, 0.2) is 0 Å². The first kappa shape index (κ1) is 10.1. The van der Waals surface area contributed by atoms with Gasteiger partial charge in [-0.3, -0.25) is 9.59 Å². The number of benzene rings is 1. The molecule has 0 amide bonds. The Balaban J connectivity index is 2.12. The van der Waals surface area contributed by atoms with Gasteiger partial charge in [-0.05, 0) is 23.1 Å². The number of nitrogens with one attached hydrogen (secondary N) is 1. The number of carbonyl (C=O) groups excluding carboxylic acids is 1. The molecule has 1 saturated carbocycles. The molecule has 0 bridgehead atoms. The molecule has 2 aromatic rings. The van der Waals surface area contributed by atoms with E-state index in [1.165, 1.54) is 0 Å². The minimum absolute atomic E-state index is 0.0129. The molecule has 0 spiro atoms. The molecule has 1 aromatic carbocycles. The van der Waals surface area contributed by atoms with Crippen LogP contribution in [0.3, 0.4) is 0 Å². The van der Waals surface area contributed by atoms with Crippen molar-refractivity contribution in [2.24, 2.45) is 0 Å². The minimum Gasteiger partial charge on any atom is -0.481 e. The van der Waals surface area contributed by atoms with Crippen molar-refractivity contribution in [3.63, 3.8) is 0 Å². The largest absolute Gasteiger partial charge is 0.481 e. The van der Waals surface area contributed by atoms with Crippen molar-refractivity contribution < 1.29 is 14.7 Å². The predicted octanol–water partition coefficient (Wildman–Crippen LogP) is 1.85. The Kier molecular flexibility index (Phi) is 1.90. The molecular formula is C13H11NO3. The predicted molar refractivity (Wildman–Crippen MR) is 61.9 cm³/mol. The van der Waals surface area contributed by atoms with Gasteiger partial charge >= 0.3 is 5.97 Å². The number of rotatable bonds is 2. The molecule has 17 heavy (non-hydrogen) atoms. The molecule has 4 nitrogen and oxygen atoms in total. The van der Waals surface area contributed by atoms with E-state index in [-0.39, 0.29) is 18.6 Å². The Hall–Kier alpha value is -2.10. The zero-order chi connectivity index (χ0) is 12.0. The van der Waals surface area contributed by atoms with E-state index in [4.69, 9.17) is 0 Å². The van der Waals surface area contributed by atoms with Gasteiger partial charge in [0.1, 0.15) is 11.2 Å². The molecule has 0 saturated heterocycles. The third kappa shape index (κ3) is 1.30. The minimum atomic E-state index is -1.00. The fraction of sp³-hybridized carbons (Fsp3) is 0.231. The highest BCUT2D eigenvalue weighted by Gasteiger charge is 2.51. The Bertz CT molecular complexity index is 618. The van der Waals surface area contributed by atoms with E-state index >= 15 is 0 Å². The Labute approximate surface area is 97.3 Å². The number of aromatic nitrogens is 1. The smallest absolute Gasteiger partial charge is 0.315 e. The van der Waals surface area contributed by atoms with Gasteiger partial charge in [-0.1, -0.05) is 12.1 Å². The lowest BCUT2D eigenvalue weighted by Gasteiger charge is -2.36. The van der Waals surface area contributed by atoms with Crippen LogP contribution in [0.25, 0.3) is 10.9 Å². The normalized spacial score (nSPS) is 18.0. The first-order valence-electron chi connectivity index (χ1n) is 5.44. The van der Waals surface area contributed by atoms with Crippen LogP contribution in [0.2, 0.25) is 0 Å². The van der Waals surface area contributed by atoms with Gasteiger partial charge in [0.05, 0.1) is 0 Å².